The third kappa shape index (κ3) is 81.1. The first-order valence-electron chi connectivity index (χ1n) is 28.4. The molecule has 0 saturated carbocycles. The van der Waals surface area contributed by atoms with Crippen LogP contribution in [0.4, 0.5) is 0 Å². The lowest BCUT2D eigenvalue weighted by molar-refractivity contribution is -0.124. The van der Waals surface area contributed by atoms with E-state index >= 15 is 0 Å². The maximum atomic E-state index is 11.2. The summed E-state index contributed by atoms with van der Waals surface area (Å²) in [5, 5.41) is 23.2. The van der Waals surface area contributed by atoms with Crippen LogP contribution in [-0.4, -0.2) is 241 Å². The van der Waals surface area contributed by atoms with Crippen molar-refractivity contribution in [3.05, 3.63) is 0 Å². The summed E-state index contributed by atoms with van der Waals surface area (Å²) in [6.45, 7) is 18.2. The van der Waals surface area contributed by atoms with Crippen LogP contribution in [0.25, 0.3) is 0 Å². The zero-order valence-electron chi connectivity index (χ0n) is 48.9. The number of ketones is 2. The number of ether oxygens (including phenoxy) is 12. The van der Waals surface area contributed by atoms with Gasteiger partial charge in [-0.15, -0.1) is 0 Å². The van der Waals surface area contributed by atoms with Crippen molar-refractivity contribution in [3.63, 3.8) is 0 Å². The molecule has 0 rings (SSSR count). The Labute approximate surface area is 473 Å². The molecule has 0 unspecified atom stereocenters. The molecular formula is C53H109N9O17. The van der Waals surface area contributed by atoms with Gasteiger partial charge in [-0.05, 0) is 32.9 Å². The lowest BCUT2D eigenvalue weighted by Gasteiger charge is -2.09. The first-order valence-corrected chi connectivity index (χ1v) is 28.4. The molecule has 0 saturated heterocycles. The van der Waals surface area contributed by atoms with E-state index in [2.05, 4.69) is 28.2 Å². The van der Waals surface area contributed by atoms with Crippen LogP contribution >= 0.6 is 0 Å². The Bertz CT molecular complexity index is 1300. The quantitative estimate of drug-likeness (QED) is 0.0333. The second-order valence-electron chi connectivity index (χ2n) is 17.0. The van der Waals surface area contributed by atoms with E-state index < -0.39 is 0 Å². The molecule has 468 valence electrons. The molecule has 0 radical (unpaired) electrons. The molecule has 26 heteroatoms. The minimum Gasteiger partial charge on any atom is -0.379 e. The Hall–Kier alpha value is -3.47. The lowest BCUT2D eigenvalue weighted by atomic mass is 10.1. The van der Waals surface area contributed by atoms with Crippen LogP contribution in [0, 0.1) is 10.8 Å². The van der Waals surface area contributed by atoms with Gasteiger partial charge in [-0.3, -0.25) is 24.0 Å². The van der Waals surface area contributed by atoms with Crippen molar-refractivity contribution in [3.8, 4) is 0 Å². The molecule has 26 nitrogen and oxygen atoms in total. The van der Waals surface area contributed by atoms with Crippen LogP contribution in [-0.2, 0) is 80.8 Å². The number of amides is 3. The highest BCUT2D eigenvalue weighted by Crippen LogP contribution is 2.06. The third-order valence-corrected chi connectivity index (χ3v) is 10.2. The SMILES string of the molecule is CCCCCCCCCNC(=O)CC.CNCCCCCC(=O)NCC(=O)CN.N#N.NCCC(=O)NCCOCCOCCOCCOCCOCCOCCOCCOCCOCCOCCOCCOCCC(=O)CN. The van der Waals surface area contributed by atoms with Gasteiger partial charge in [0.25, 0.3) is 0 Å². The molecule has 0 atom stereocenters. The summed E-state index contributed by atoms with van der Waals surface area (Å²) in [7, 11) is 1.91. The van der Waals surface area contributed by atoms with E-state index in [1.165, 1.54) is 38.5 Å². The van der Waals surface area contributed by atoms with E-state index in [0.717, 1.165) is 38.8 Å². The highest BCUT2D eigenvalue weighted by atomic mass is 16.6. The van der Waals surface area contributed by atoms with Gasteiger partial charge in [0, 0.05) is 56.1 Å². The van der Waals surface area contributed by atoms with Gasteiger partial charge in [-0.25, -0.2) is 0 Å². The minimum atomic E-state index is -0.140. The second kappa shape index (κ2) is 76.6. The Morgan fingerprint density at radius 3 is 1.04 bits per heavy atom. The molecule has 0 aliphatic heterocycles. The van der Waals surface area contributed by atoms with E-state index in [1.54, 1.807) is 0 Å². The molecule has 3 amide bonds. The Kier molecular flexibility index (Phi) is 79.5. The summed E-state index contributed by atoms with van der Waals surface area (Å²) in [5.41, 5.74) is 15.6. The molecule has 0 aliphatic rings. The lowest BCUT2D eigenvalue weighted by Crippen LogP contribution is -2.32. The molecule has 79 heavy (non-hydrogen) atoms. The van der Waals surface area contributed by atoms with Crippen LogP contribution in [0.3, 0.4) is 0 Å². The highest BCUT2D eigenvalue weighted by molar-refractivity contribution is 5.87. The molecule has 0 aromatic heterocycles. The first kappa shape index (κ1) is 82.0. The predicted molar refractivity (Wildman–Crippen MR) is 299 cm³/mol. The van der Waals surface area contributed by atoms with Gasteiger partial charge in [-0.1, -0.05) is 58.8 Å². The number of nitrogens with one attached hydrogen (secondary N) is 4. The Balaban J connectivity index is -0.000000730. The van der Waals surface area contributed by atoms with Gasteiger partial charge >= 0.3 is 0 Å². The van der Waals surface area contributed by atoms with Gasteiger partial charge in [0.15, 0.2) is 5.78 Å². The van der Waals surface area contributed by atoms with Gasteiger partial charge in [0.2, 0.25) is 17.7 Å². The van der Waals surface area contributed by atoms with Gasteiger partial charge in [-0.2, -0.15) is 0 Å². The van der Waals surface area contributed by atoms with E-state index in [-0.39, 0.29) is 48.9 Å². The molecule has 0 aromatic rings. The fourth-order valence-electron chi connectivity index (χ4n) is 5.85. The monoisotopic (exact) mass is 1140 g/mol. The number of carbonyl (C=O) groups is 5. The van der Waals surface area contributed by atoms with Crippen molar-refractivity contribution in [2.75, 3.05) is 211 Å². The van der Waals surface area contributed by atoms with E-state index in [9.17, 15) is 24.0 Å². The van der Waals surface area contributed by atoms with Gasteiger partial charge in [0.05, 0.1) is 178 Å². The molecule has 10 N–H and O–H groups in total. The van der Waals surface area contributed by atoms with Crippen molar-refractivity contribution in [1.29, 1.82) is 10.8 Å². The van der Waals surface area contributed by atoms with Crippen molar-refractivity contribution in [1.82, 2.24) is 21.3 Å². The van der Waals surface area contributed by atoms with Crippen molar-refractivity contribution < 1.29 is 80.8 Å². The normalized spacial score (nSPS) is 10.6. The number of nitrogens with two attached hydrogens (primary N) is 3. The first-order chi connectivity index (χ1) is 38.7. The standard InChI is InChI=1S/C31H63N3O14.C12H25NO.C10H21N3O2.N2/c32-3-1-31(36)34-4-6-38-8-10-40-12-14-42-16-18-44-20-22-46-24-26-48-28-27-47-25-23-45-21-19-43-17-15-41-13-11-39-9-7-37-5-2-30(35)29-33;1-3-5-6-7-8-9-10-11-13-12(14)4-2;1-12-6-4-2-3-5-10(15)13-8-9(14)7-11;1-2/h1-29,32-33H2,(H,34,36);3-11H2,1-2H3,(H,13,14);12H,2-8,11H2,1H3,(H,13,15);. The van der Waals surface area contributed by atoms with Crippen molar-refractivity contribution in [2.24, 2.45) is 17.2 Å². The highest BCUT2D eigenvalue weighted by Gasteiger charge is 2.04. The fraction of sp³-hybridized carbons (Fsp3) is 0.906. The Morgan fingerprint density at radius 1 is 0.342 bits per heavy atom. The van der Waals surface area contributed by atoms with Crippen LogP contribution in [0.1, 0.15) is 104 Å². The minimum absolute atomic E-state index is 0.0115. The number of hydrogen-bond acceptors (Lipinski definition) is 23. The summed E-state index contributed by atoms with van der Waals surface area (Å²) in [6.07, 6.45) is 13.9. The number of hydrogen-bond donors (Lipinski definition) is 7. The fourth-order valence-corrected chi connectivity index (χ4v) is 5.85. The molecule has 0 spiro atoms. The van der Waals surface area contributed by atoms with Crippen LogP contribution in [0.5, 0.6) is 0 Å². The molecule has 0 aromatic carbocycles. The largest absolute Gasteiger partial charge is 0.379 e. The van der Waals surface area contributed by atoms with Crippen LogP contribution < -0.4 is 38.5 Å². The zero-order valence-corrected chi connectivity index (χ0v) is 48.9. The number of rotatable bonds is 60. The van der Waals surface area contributed by atoms with Crippen molar-refractivity contribution >= 4 is 29.3 Å². The third-order valence-electron chi connectivity index (χ3n) is 10.2. The predicted octanol–water partition coefficient (Wildman–Crippen LogP) is 1.27. The number of nitrogens with zero attached hydrogens (tertiary/aromatic N) is 2. The molecule has 0 aliphatic carbocycles. The molecular weight excluding hydrogens is 1030 g/mol. The van der Waals surface area contributed by atoms with Crippen molar-refractivity contribution in [2.45, 2.75) is 104 Å². The number of unbranched alkanes of at least 4 members (excludes halogenated alkanes) is 8. The summed E-state index contributed by atoms with van der Waals surface area (Å²) in [5.74, 6) is -0.111. The van der Waals surface area contributed by atoms with Gasteiger partial charge < -0.3 is 95.3 Å². The summed E-state index contributed by atoms with van der Waals surface area (Å²) >= 11 is 0. The number of carbonyl (C=O) groups excluding carboxylic acids is 5. The number of Topliss-reactive ketones (excluding diaryl/α,β-unsaturated/α-hetero) is 2. The van der Waals surface area contributed by atoms with Gasteiger partial charge in [0.1, 0.15) is 5.78 Å². The maximum absolute atomic E-state index is 11.2. The summed E-state index contributed by atoms with van der Waals surface area (Å²) in [6, 6.07) is 0. The van der Waals surface area contributed by atoms with E-state index in [4.69, 9.17) is 84.8 Å². The topological polar surface area (TPSA) is 370 Å². The van der Waals surface area contributed by atoms with Crippen LogP contribution in [0.2, 0.25) is 0 Å². The zero-order chi connectivity index (χ0) is 59.0. The van der Waals surface area contributed by atoms with E-state index in [1.807, 2.05) is 14.0 Å². The average Bonchev–Trinajstić information content (AvgIpc) is 3.46. The smallest absolute Gasteiger partial charge is 0.221 e. The maximum Gasteiger partial charge on any atom is 0.221 e. The molecule has 0 heterocycles. The average molecular weight is 1140 g/mol. The molecule has 0 fully saturated rings. The van der Waals surface area contributed by atoms with Crippen LogP contribution in [0.15, 0.2) is 0 Å². The second-order valence-corrected chi connectivity index (χ2v) is 17.0. The summed E-state index contributed by atoms with van der Waals surface area (Å²) in [4.78, 5) is 55.1. The van der Waals surface area contributed by atoms with E-state index in [0.29, 0.717) is 197 Å². The molecule has 0 bridgehead atoms. The Morgan fingerprint density at radius 2 is 0.671 bits per heavy atom. The summed E-state index contributed by atoms with van der Waals surface area (Å²) < 4.78 is 65.1.